The molecule has 0 bridgehead atoms. The van der Waals surface area contributed by atoms with Gasteiger partial charge in [-0.25, -0.2) is 13.1 Å². The summed E-state index contributed by atoms with van der Waals surface area (Å²) in [6, 6.07) is 12.7. The van der Waals surface area contributed by atoms with E-state index in [0.717, 1.165) is 0 Å². The summed E-state index contributed by atoms with van der Waals surface area (Å²) in [5, 5.41) is 2.72. The number of nitrogens with one attached hydrogen (secondary N) is 2. The van der Waals surface area contributed by atoms with Crippen LogP contribution in [-0.4, -0.2) is 41.7 Å². The number of sulfonamides is 1. The summed E-state index contributed by atoms with van der Waals surface area (Å²) < 4.78 is 37.0. The third-order valence-corrected chi connectivity index (χ3v) is 5.03. The zero-order valence-corrected chi connectivity index (χ0v) is 15.5. The Balaban J connectivity index is 2.08. The van der Waals surface area contributed by atoms with Crippen LogP contribution in [0.5, 0.6) is 5.75 Å². The maximum Gasteiger partial charge on any atom is 0.255 e. The van der Waals surface area contributed by atoms with Gasteiger partial charge in [-0.3, -0.25) is 4.79 Å². The first-order chi connectivity index (χ1) is 12.5. The number of rotatable bonds is 9. The minimum absolute atomic E-state index is 0.0392. The number of carbonyl (C=O) groups excluding carboxylic acids is 1. The third kappa shape index (κ3) is 5.55. The number of anilines is 1. The number of hydrogen-bond donors (Lipinski definition) is 2. The molecule has 140 valence electrons. The van der Waals surface area contributed by atoms with Crippen molar-refractivity contribution in [1.82, 2.24) is 4.72 Å². The topological polar surface area (TPSA) is 93.7 Å². The number of benzene rings is 2. The molecule has 0 spiro atoms. The van der Waals surface area contributed by atoms with Crippen molar-refractivity contribution in [3.05, 3.63) is 54.1 Å². The maximum atomic E-state index is 12.4. The van der Waals surface area contributed by atoms with E-state index >= 15 is 0 Å². The Morgan fingerprint density at radius 2 is 1.81 bits per heavy atom. The fourth-order valence-electron chi connectivity index (χ4n) is 2.19. The highest BCUT2D eigenvalue weighted by Gasteiger charge is 2.16. The van der Waals surface area contributed by atoms with Crippen molar-refractivity contribution < 1.29 is 22.7 Å². The van der Waals surface area contributed by atoms with Crippen molar-refractivity contribution >= 4 is 21.6 Å². The van der Waals surface area contributed by atoms with E-state index in [9.17, 15) is 13.2 Å². The van der Waals surface area contributed by atoms with Gasteiger partial charge in [0.2, 0.25) is 10.0 Å². The molecule has 0 heterocycles. The molecule has 0 aliphatic heterocycles. The Morgan fingerprint density at radius 3 is 2.46 bits per heavy atom. The summed E-state index contributed by atoms with van der Waals surface area (Å²) in [6.45, 7) is 0.727. The number of hydrogen-bond acceptors (Lipinski definition) is 5. The van der Waals surface area contributed by atoms with Crippen molar-refractivity contribution in [1.29, 1.82) is 0 Å². The lowest BCUT2D eigenvalue weighted by atomic mass is 10.2. The van der Waals surface area contributed by atoms with Gasteiger partial charge in [-0.1, -0.05) is 6.07 Å². The van der Waals surface area contributed by atoms with Crippen LogP contribution in [0.1, 0.15) is 16.8 Å². The molecule has 0 aliphatic carbocycles. The van der Waals surface area contributed by atoms with Crippen LogP contribution in [0.4, 0.5) is 5.69 Å². The fraction of sp³-hybridized carbons (Fsp3) is 0.278. The highest BCUT2D eigenvalue weighted by atomic mass is 32.2. The third-order valence-electron chi connectivity index (χ3n) is 3.57. The molecule has 7 nitrogen and oxygen atoms in total. The zero-order valence-electron chi connectivity index (χ0n) is 14.7. The van der Waals surface area contributed by atoms with Gasteiger partial charge < -0.3 is 14.8 Å². The highest BCUT2D eigenvalue weighted by molar-refractivity contribution is 7.89. The second-order valence-corrected chi connectivity index (χ2v) is 7.22. The summed E-state index contributed by atoms with van der Waals surface area (Å²) in [7, 11) is -0.567. The van der Waals surface area contributed by atoms with Crippen LogP contribution in [0, 0.1) is 0 Å². The lowest BCUT2D eigenvalue weighted by Gasteiger charge is -2.09. The first-order valence-corrected chi connectivity index (χ1v) is 9.48. The number of methoxy groups -OCH3 is 2. The summed E-state index contributed by atoms with van der Waals surface area (Å²) in [6.07, 6.45) is 0.563. The van der Waals surface area contributed by atoms with E-state index in [1.807, 2.05) is 0 Å². The standard InChI is InChI=1S/C18H22N2O5S/c1-24-12-4-11-19-26(22,23)17-6-3-5-14(13-17)18(21)20-15-7-9-16(25-2)10-8-15/h3,5-10,13,19H,4,11-12H2,1-2H3,(H,20,21). The van der Waals surface area contributed by atoms with E-state index in [1.54, 1.807) is 44.6 Å². The van der Waals surface area contributed by atoms with Gasteiger partial charge in [-0.2, -0.15) is 0 Å². The van der Waals surface area contributed by atoms with E-state index in [-0.39, 0.29) is 17.0 Å². The molecule has 2 rings (SSSR count). The summed E-state index contributed by atoms with van der Waals surface area (Å²) in [4.78, 5) is 12.4. The average molecular weight is 378 g/mol. The molecule has 0 atom stereocenters. The molecule has 0 aliphatic rings. The van der Waals surface area contributed by atoms with Gasteiger partial charge in [0.05, 0.1) is 12.0 Å². The van der Waals surface area contributed by atoms with Crippen molar-refractivity contribution in [2.24, 2.45) is 0 Å². The van der Waals surface area contributed by atoms with Crippen LogP contribution in [0.2, 0.25) is 0 Å². The molecule has 1 amide bonds. The average Bonchev–Trinajstić information content (AvgIpc) is 2.66. The summed E-state index contributed by atoms with van der Waals surface area (Å²) in [5.41, 5.74) is 0.835. The molecular weight excluding hydrogens is 356 g/mol. The molecular formula is C18H22N2O5S. The molecule has 0 saturated heterocycles. The van der Waals surface area contributed by atoms with Gasteiger partial charge in [0, 0.05) is 31.5 Å². The fourth-order valence-corrected chi connectivity index (χ4v) is 3.31. The van der Waals surface area contributed by atoms with Crippen molar-refractivity contribution in [3.63, 3.8) is 0 Å². The molecule has 0 fully saturated rings. The number of carbonyl (C=O) groups is 1. The molecule has 0 radical (unpaired) electrons. The van der Waals surface area contributed by atoms with E-state index in [1.165, 1.54) is 18.2 Å². The molecule has 0 aromatic heterocycles. The second kappa shape index (κ2) is 9.33. The Kier molecular flexibility index (Phi) is 7.14. The quantitative estimate of drug-likeness (QED) is 0.653. The van der Waals surface area contributed by atoms with E-state index in [4.69, 9.17) is 9.47 Å². The molecule has 8 heteroatoms. The molecule has 2 aromatic carbocycles. The van der Waals surface area contributed by atoms with Gasteiger partial charge in [0.25, 0.3) is 5.91 Å². The predicted molar refractivity (Wildman–Crippen MR) is 99.1 cm³/mol. The van der Waals surface area contributed by atoms with Crippen LogP contribution < -0.4 is 14.8 Å². The normalized spacial score (nSPS) is 11.2. The Morgan fingerprint density at radius 1 is 1.08 bits per heavy atom. The first-order valence-electron chi connectivity index (χ1n) is 8.00. The largest absolute Gasteiger partial charge is 0.497 e. The smallest absolute Gasteiger partial charge is 0.255 e. The number of amides is 1. The molecule has 0 saturated carbocycles. The van der Waals surface area contributed by atoms with Gasteiger partial charge in [-0.05, 0) is 48.9 Å². The van der Waals surface area contributed by atoms with Crippen molar-refractivity contribution in [2.45, 2.75) is 11.3 Å². The monoisotopic (exact) mass is 378 g/mol. The minimum atomic E-state index is -3.68. The summed E-state index contributed by atoms with van der Waals surface area (Å²) in [5.74, 6) is 0.280. The Labute approximate surface area is 153 Å². The van der Waals surface area contributed by atoms with Crippen LogP contribution >= 0.6 is 0 Å². The maximum absolute atomic E-state index is 12.4. The van der Waals surface area contributed by atoms with Crippen molar-refractivity contribution in [3.8, 4) is 5.75 Å². The van der Waals surface area contributed by atoms with Crippen LogP contribution in [0.3, 0.4) is 0 Å². The van der Waals surface area contributed by atoms with Gasteiger partial charge in [-0.15, -0.1) is 0 Å². The first kappa shape index (κ1) is 19.9. The van der Waals surface area contributed by atoms with Gasteiger partial charge in [0.15, 0.2) is 0 Å². The van der Waals surface area contributed by atoms with E-state index < -0.39 is 15.9 Å². The Hall–Kier alpha value is -2.42. The molecule has 2 aromatic rings. The van der Waals surface area contributed by atoms with Crippen LogP contribution in [0.25, 0.3) is 0 Å². The Bertz CT molecular complexity index is 835. The van der Waals surface area contributed by atoms with E-state index in [2.05, 4.69) is 10.0 Å². The second-order valence-electron chi connectivity index (χ2n) is 5.45. The summed E-state index contributed by atoms with van der Waals surface area (Å²) >= 11 is 0. The van der Waals surface area contributed by atoms with Gasteiger partial charge >= 0.3 is 0 Å². The van der Waals surface area contributed by atoms with Crippen LogP contribution in [-0.2, 0) is 14.8 Å². The highest BCUT2D eigenvalue weighted by Crippen LogP contribution is 2.17. The molecule has 2 N–H and O–H groups in total. The number of ether oxygens (including phenoxy) is 2. The van der Waals surface area contributed by atoms with Crippen LogP contribution in [0.15, 0.2) is 53.4 Å². The molecule has 26 heavy (non-hydrogen) atoms. The van der Waals surface area contributed by atoms with Crippen molar-refractivity contribution in [2.75, 3.05) is 32.7 Å². The lowest BCUT2D eigenvalue weighted by Crippen LogP contribution is -2.26. The minimum Gasteiger partial charge on any atom is -0.497 e. The van der Waals surface area contributed by atoms with E-state index in [0.29, 0.717) is 24.5 Å². The van der Waals surface area contributed by atoms with Gasteiger partial charge in [0.1, 0.15) is 5.75 Å². The molecule has 0 unspecified atom stereocenters. The predicted octanol–water partition coefficient (Wildman–Crippen LogP) is 2.26. The SMILES string of the molecule is COCCCNS(=O)(=O)c1cccc(C(=O)Nc2ccc(OC)cc2)c1. The lowest BCUT2D eigenvalue weighted by molar-refractivity contribution is 0.102. The zero-order chi connectivity index (χ0) is 19.0.